The number of carboxylic acids is 1. The predicted octanol–water partition coefficient (Wildman–Crippen LogP) is 3.27. The van der Waals surface area contributed by atoms with Crippen molar-refractivity contribution in [3.63, 3.8) is 0 Å². The SMILES string of the molecule is N/N=C(/CCCCCCCCCCCCCCC(=O)O)NN. The number of nitrogens with one attached hydrogen (secondary N) is 1. The number of rotatable bonds is 15. The third-order valence-electron chi connectivity index (χ3n) is 3.88. The van der Waals surface area contributed by atoms with E-state index >= 15 is 0 Å². The number of unbranched alkanes of at least 4 members (excludes halogenated alkanes) is 11. The molecule has 0 saturated carbocycles. The van der Waals surface area contributed by atoms with Crippen molar-refractivity contribution in [3.8, 4) is 0 Å². The number of amidine groups is 1. The monoisotopic (exact) mass is 314 g/mol. The Bertz CT molecular complexity index is 296. The van der Waals surface area contributed by atoms with Crippen molar-refractivity contribution < 1.29 is 9.90 Å². The maximum Gasteiger partial charge on any atom is 0.303 e. The average molecular weight is 314 g/mol. The van der Waals surface area contributed by atoms with E-state index in [2.05, 4.69) is 10.5 Å². The minimum absolute atomic E-state index is 0.319. The summed E-state index contributed by atoms with van der Waals surface area (Å²) in [5.41, 5.74) is 2.50. The summed E-state index contributed by atoms with van der Waals surface area (Å²) in [6.45, 7) is 0. The lowest BCUT2D eigenvalue weighted by Crippen LogP contribution is -2.31. The Morgan fingerprint density at radius 2 is 1.14 bits per heavy atom. The topological polar surface area (TPSA) is 114 Å². The molecule has 0 aliphatic rings. The molecular weight excluding hydrogens is 280 g/mol. The Kier molecular flexibility index (Phi) is 15.1. The van der Waals surface area contributed by atoms with E-state index in [1.54, 1.807) is 0 Å². The van der Waals surface area contributed by atoms with Crippen LogP contribution in [0.25, 0.3) is 0 Å². The highest BCUT2D eigenvalue weighted by atomic mass is 16.4. The van der Waals surface area contributed by atoms with E-state index in [0.717, 1.165) is 25.7 Å². The van der Waals surface area contributed by atoms with Crippen LogP contribution >= 0.6 is 0 Å². The van der Waals surface area contributed by atoms with Gasteiger partial charge in [0.25, 0.3) is 0 Å². The largest absolute Gasteiger partial charge is 0.481 e. The Labute approximate surface area is 134 Å². The van der Waals surface area contributed by atoms with Gasteiger partial charge >= 0.3 is 5.97 Å². The fourth-order valence-corrected chi connectivity index (χ4v) is 2.51. The van der Waals surface area contributed by atoms with Crippen molar-refractivity contribution in [1.82, 2.24) is 5.43 Å². The first kappa shape index (κ1) is 20.7. The number of hydrogen-bond donors (Lipinski definition) is 4. The second-order valence-corrected chi connectivity index (χ2v) is 5.86. The minimum Gasteiger partial charge on any atom is -0.481 e. The Hall–Kier alpha value is -1.30. The van der Waals surface area contributed by atoms with Crippen molar-refractivity contribution in [2.45, 2.75) is 89.9 Å². The zero-order chi connectivity index (χ0) is 16.5. The van der Waals surface area contributed by atoms with Crippen LogP contribution in [-0.2, 0) is 4.79 Å². The molecule has 0 aromatic heterocycles. The molecule has 0 spiro atoms. The summed E-state index contributed by atoms with van der Waals surface area (Å²) in [4.78, 5) is 10.3. The zero-order valence-electron chi connectivity index (χ0n) is 13.9. The number of nitrogens with zero attached hydrogens (tertiary/aromatic N) is 1. The van der Waals surface area contributed by atoms with Gasteiger partial charge in [0.15, 0.2) is 0 Å². The highest BCUT2D eigenvalue weighted by Gasteiger charge is 1.98. The second kappa shape index (κ2) is 16.1. The smallest absolute Gasteiger partial charge is 0.303 e. The summed E-state index contributed by atoms with van der Waals surface area (Å²) in [6.07, 6.45) is 15.5. The summed E-state index contributed by atoms with van der Waals surface area (Å²) < 4.78 is 0. The molecule has 6 nitrogen and oxygen atoms in total. The summed E-state index contributed by atoms with van der Waals surface area (Å²) in [5.74, 6) is 10.4. The van der Waals surface area contributed by atoms with Gasteiger partial charge in [-0.05, 0) is 12.8 Å². The van der Waals surface area contributed by atoms with Crippen LogP contribution < -0.4 is 17.1 Å². The van der Waals surface area contributed by atoms with Gasteiger partial charge in [0.05, 0.1) is 0 Å². The Balaban J connectivity index is 3.10. The number of hydrazone groups is 1. The molecule has 0 amide bonds. The predicted molar refractivity (Wildman–Crippen MR) is 91.2 cm³/mol. The molecule has 0 aliphatic carbocycles. The maximum atomic E-state index is 10.3. The van der Waals surface area contributed by atoms with Crippen molar-refractivity contribution in [1.29, 1.82) is 0 Å². The molecule has 0 aliphatic heterocycles. The van der Waals surface area contributed by atoms with Gasteiger partial charge in [-0.15, -0.1) is 0 Å². The van der Waals surface area contributed by atoms with Gasteiger partial charge in [0.2, 0.25) is 0 Å². The van der Waals surface area contributed by atoms with E-state index in [1.807, 2.05) is 0 Å². The van der Waals surface area contributed by atoms with Crippen LogP contribution in [0.3, 0.4) is 0 Å². The van der Waals surface area contributed by atoms with Crippen LogP contribution in [0.5, 0.6) is 0 Å². The van der Waals surface area contributed by atoms with Crippen LogP contribution in [0.2, 0.25) is 0 Å². The third-order valence-corrected chi connectivity index (χ3v) is 3.88. The summed E-state index contributed by atoms with van der Waals surface area (Å²) in [7, 11) is 0. The fraction of sp³-hybridized carbons (Fsp3) is 0.875. The van der Waals surface area contributed by atoms with Crippen LogP contribution in [0, 0.1) is 0 Å². The highest BCUT2D eigenvalue weighted by Crippen LogP contribution is 2.12. The molecule has 0 radical (unpaired) electrons. The first-order valence-corrected chi connectivity index (χ1v) is 8.66. The lowest BCUT2D eigenvalue weighted by Gasteiger charge is -2.04. The van der Waals surface area contributed by atoms with Crippen LogP contribution in [0.4, 0.5) is 0 Å². The molecule has 0 unspecified atom stereocenters. The molecule has 0 rings (SSSR count). The molecule has 0 aromatic carbocycles. The van der Waals surface area contributed by atoms with Gasteiger partial charge in [0.1, 0.15) is 5.84 Å². The van der Waals surface area contributed by atoms with E-state index in [9.17, 15) is 4.79 Å². The standard InChI is InChI=1S/C16H34N4O2/c17-19-15(20-18)13-11-9-7-5-3-1-2-4-6-8-10-12-14-16(21)22/h1-14,17-18H2,(H,19,20)(H,21,22). The lowest BCUT2D eigenvalue weighted by molar-refractivity contribution is -0.137. The number of carbonyl (C=O) groups is 1. The molecule has 6 heteroatoms. The van der Waals surface area contributed by atoms with Gasteiger partial charge in [-0.25, -0.2) is 5.84 Å². The minimum atomic E-state index is -0.675. The molecule has 0 bridgehead atoms. The molecule has 0 heterocycles. The molecule has 130 valence electrons. The molecule has 0 atom stereocenters. The second-order valence-electron chi connectivity index (χ2n) is 5.86. The van der Waals surface area contributed by atoms with Gasteiger partial charge in [0, 0.05) is 12.8 Å². The molecule has 6 N–H and O–H groups in total. The van der Waals surface area contributed by atoms with Gasteiger partial charge in [-0.1, -0.05) is 64.2 Å². The molecular formula is C16H34N4O2. The van der Waals surface area contributed by atoms with Crippen molar-refractivity contribution in [2.24, 2.45) is 16.8 Å². The number of aliphatic carboxylic acids is 1. The van der Waals surface area contributed by atoms with E-state index in [4.69, 9.17) is 16.8 Å². The Morgan fingerprint density at radius 1 is 0.773 bits per heavy atom. The molecule has 0 aromatic rings. The van der Waals surface area contributed by atoms with E-state index < -0.39 is 5.97 Å². The summed E-state index contributed by atoms with van der Waals surface area (Å²) in [5, 5.41) is 12.1. The fourth-order valence-electron chi connectivity index (χ4n) is 2.51. The third kappa shape index (κ3) is 15.1. The number of carboxylic acid groups (broad SMARTS) is 1. The average Bonchev–Trinajstić information content (AvgIpc) is 2.51. The molecule has 22 heavy (non-hydrogen) atoms. The molecule has 0 fully saturated rings. The van der Waals surface area contributed by atoms with Crippen molar-refractivity contribution >= 4 is 11.8 Å². The normalized spacial score (nSPS) is 11.6. The first-order chi connectivity index (χ1) is 10.7. The first-order valence-electron chi connectivity index (χ1n) is 8.66. The maximum absolute atomic E-state index is 10.3. The van der Waals surface area contributed by atoms with Crippen molar-refractivity contribution in [3.05, 3.63) is 0 Å². The quantitative estimate of drug-likeness (QED) is 0.122. The van der Waals surface area contributed by atoms with Crippen LogP contribution in [0.15, 0.2) is 5.10 Å². The summed E-state index contributed by atoms with van der Waals surface area (Å²) >= 11 is 0. The van der Waals surface area contributed by atoms with E-state index in [1.165, 1.54) is 57.8 Å². The van der Waals surface area contributed by atoms with Crippen molar-refractivity contribution in [2.75, 3.05) is 0 Å². The zero-order valence-corrected chi connectivity index (χ0v) is 13.9. The highest BCUT2D eigenvalue weighted by molar-refractivity contribution is 5.81. The van der Waals surface area contributed by atoms with E-state index in [0.29, 0.717) is 12.3 Å². The van der Waals surface area contributed by atoms with Crippen LogP contribution in [0.1, 0.15) is 89.9 Å². The number of hydrogen-bond acceptors (Lipinski definition) is 4. The van der Waals surface area contributed by atoms with Gasteiger partial charge < -0.3 is 16.4 Å². The van der Waals surface area contributed by atoms with Crippen LogP contribution in [-0.4, -0.2) is 16.9 Å². The number of nitrogens with two attached hydrogens (primary N) is 2. The Morgan fingerprint density at radius 3 is 1.45 bits per heavy atom. The molecule has 0 saturated heterocycles. The van der Waals surface area contributed by atoms with Gasteiger partial charge in [-0.2, -0.15) is 5.10 Å². The van der Waals surface area contributed by atoms with Gasteiger partial charge in [-0.3, -0.25) is 4.79 Å². The van der Waals surface area contributed by atoms with E-state index in [-0.39, 0.29) is 0 Å². The summed E-state index contributed by atoms with van der Waals surface area (Å²) in [6, 6.07) is 0. The lowest BCUT2D eigenvalue weighted by atomic mass is 10.0. The number of hydrazine groups is 1.